The van der Waals surface area contributed by atoms with Crippen LogP contribution in [0.2, 0.25) is 0 Å². The Balaban J connectivity index is 1.57. The number of anilines is 2. The summed E-state index contributed by atoms with van der Waals surface area (Å²) in [6.45, 7) is 2.62. The zero-order valence-electron chi connectivity index (χ0n) is 15.8. The first-order chi connectivity index (χ1) is 13.5. The lowest BCUT2D eigenvalue weighted by Gasteiger charge is -2.11. The van der Waals surface area contributed by atoms with E-state index in [9.17, 15) is 9.18 Å². The maximum absolute atomic E-state index is 12.9. The van der Waals surface area contributed by atoms with Gasteiger partial charge >= 0.3 is 0 Å². The molecule has 0 saturated heterocycles. The van der Waals surface area contributed by atoms with Crippen LogP contribution in [-0.4, -0.2) is 24.5 Å². The van der Waals surface area contributed by atoms with Crippen LogP contribution in [0.15, 0.2) is 60.8 Å². The number of methoxy groups -OCH3 is 1. The summed E-state index contributed by atoms with van der Waals surface area (Å²) in [5.41, 5.74) is 3.80. The third-order valence-corrected chi connectivity index (χ3v) is 4.26. The van der Waals surface area contributed by atoms with Crippen LogP contribution < -0.4 is 15.4 Å². The molecule has 1 amide bonds. The van der Waals surface area contributed by atoms with Crippen LogP contribution in [0.4, 0.5) is 15.8 Å². The molecule has 2 N–H and O–H groups in total. The van der Waals surface area contributed by atoms with Gasteiger partial charge in [-0.15, -0.1) is 0 Å². The molecule has 0 bridgehead atoms. The third kappa shape index (κ3) is 5.07. The normalized spacial score (nSPS) is 10.4. The number of nitrogens with one attached hydrogen (secondary N) is 2. The van der Waals surface area contributed by atoms with E-state index in [-0.39, 0.29) is 11.7 Å². The summed E-state index contributed by atoms with van der Waals surface area (Å²) in [6, 6.07) is 15.5. The second kappa shape index (κ2) is 8.99. The molecule has 144 valence electrons. The number of halogens is 1. The van der Waals surface area contributed by atoms with E-state index >= 15 is 0 Å². The van der Waals surface area contributed by atoms with Gasteiger partial charge in [0.2, 0.25) is 0 Å². The van der Waals surface area contributed by atoms with Gasteiger partial charge in [-0.05, 0) is 60.9 Å². The number of ether oxygens (including phenoxy) is 1. The number of amides is 1. The van der Waals surface area contributed by atoms with Crippen molar-refractivity contribution in [1.82, 2.24) is 4.98 Å². The van der Waals surface area contributed by atoms with Crippen LogP contribution in [0, 0.1) is 12.7 Å². The Morgan fingerprint density at radius 3 is 2.57 bits per heavy atom. The fourth-order valence-corrected chi connectivity index (χ4v) is 2.74. The van der Waals surface area contributed by atoms with Gasteiger partial charge in [-0.3, -0.25) is 4.79 Å². The maximum atomic E-state index is 12.9. The van der Waals surface area contributed by atoms with E-state index in [1.807, 2.05) is 25.1 Å². The zero-order valence-corrected chi connectivity index (χ0v) is 15.8. The highest BCUT2D eigenvalue weighted by atomic mass is 19.1. The number of carbonyl (C=O) groups excluding carboxylic acids is 1. The molecule has 5 nitrogen and oxygen atoms in total. The molecule has 0 unspecified atom stereocenters. The monoisotopic (exact) mass is 379 g/mol. The molecule has 3 aromatic rings. The average molecular weight is 379 g/mol. The first-order valence-electron chi connectivity index (χ1n) is 8.95. The van der Waals surface area contributed by atoms with Crippen molar-refractivity contribution in [2.75, 3.05) is 24.3 Å². The predicted octanol–water partition coefficient (Wildman–Crippen LogP) is 4.44. The number of aromatic nitrogens is 1. The number of aryl methyl sites for hydroxylation is 1. The van der Waals surface area contributed by atoms with Gasteiger partial charge in [0.05, 0.1) is 24.7 Å². The van der Waals surface area contributed by atoms with Crippen LogP contribution in [0.1, 0.15) is 21.6 Å². The smallest absolute Gasteiger partial charge is 0.274 e. The topological polar surface area (TPSA) is 63.2 Å². The van der Waals surface area contributed by atoms with Crippen LogP contribution in [0.5, 0.6) is 5.75 Å². The van der Waals surface area contributed by atoms with Gasteiger partial charge in [-0.2, -0.15) is 0 Å². The van der Waals surface area contributed by atoms with Gasteiger partial charge in [0.1, 0.15) is 17.3 Å². The van der Waals surface area contributed by atoms with Gasteiger partial charge in [0.25, 0.3) is 5.91 Å². The molecule has 0 aliphatic heterocycles. The van der Waals surface area contributed by atoms with Gasteiger partial charge in [-0.25, -0.2) is 9.37 Å². The lowest BCUT2D eigenvalue weighted by Crippen LogP contribution is -2.14. The Labute approximate surface area is 163 Å². The molecule has 2 aromatic carbocycles. The van der Waals surface area contributed by atoms with Crippen molar-refractivity contribution in [2.45, 2.75) is 13.3 Å². The SMILES string of the molecule is COc1ccc(C)cc1NC(=O)c1ccc(NCCc2ccc(F)cc2)cn1. The molecular formula is C22H22FN3O2. The lowest BCUT2D eigenvalue weighted by molar-refractivity contribution is 0.102. The van der Waals surface area contributed by atoms with Crippen molar-refractivity contribution in [3.63, 3.8) is 0 Å². The number of pyridine rings is 1. The van der Waals surface area contributed by atoms with Crippen LogP contribution >= 0.6 is 0 Å². The molecule has 1 heterocycles. The van der Waals surface area contributed by atoms with Crippen molar-refractivity contribution >= 4 is 17.3 Å². The van der Waals surface area contributed by atoms with Gasteiger partial charge in [-0.1, -0.05) is 18.2 Å². The van der Waals surface area contributed by atoms with Crippen molar-refractivity contribution in [3.05, 3.63) is 83.4 Å². The number of rotatable bonds is 7. The number of benzene rings is 2. The molecule has 0 radical (unpaired) electrons. The van der Waals surface area contributed by atoms with Crippen LogP contribution in [-0.2, 0) is 6.42 Å². The largest absolute Gasteiger partial charge is 0.495 e. The number of hydrogen-bond donors (Lipinski definition) is 2. The highest BCUT2D eigenvalue weighted by molar-refractivity contribution is 6.03. The molecule has 0 aliphatic carbocycles. The van der Waals surface area contributed by atoms with E-state index in [0.717, 1.165) is 23.2 Å². The van der Waals surface area contributed by atoms with E-state index in [1.165, 1.54) is 12.1 Å². The number of nitrogens with zero attached hydrogens (tertiary/aromatic N) is 1. The highest BCUT2D eigenvalue weighted by Gasteiger charge is 2.11. The summed E-state index contributed by atoms with van der Waals surface area (Å²) < 4.78 is 18.2. The summed E-state index contributed by atoms with van der Waals surface area (Å²) >= 11 is 0. The van der Waals surface area contributed by atoms with Crippen LogP contribution in [0.25, 0.3) is 0 Å². The van der Waals surface area contributed by atoms with Gasteiger partial charge < -0.3 is 15.4 Å². The minimum absolute atomic E-state index is 0.238. The predicted molar refractivity (Wildman–Crippen MR) is 109 cm³/mol. The zero-order chi connectivity index (χ0) is 19.9. The minimum atomic E-state index is -0.304. The average Bonchev–Trinajstić information content (AvgIpc) is 2.70. The maximum Gasteiger partial charge on any atom is 0.274 e. The first kappa shape index (κ1) is 19.4. The van der Waals surface area contributed by atoms with E-state index < -0.39 is 0 Å². The van der Waals surface area contributed by atoms with Crippen molar-refractivity contribution in [2.24, 2.45) is 0 Å². The fraction of sp³-hybridized carbons (Fsp3) is 0.182. The quantitative estimate of drug-likeness (QED) is 0.637. The first-order valence-corrected chi connectivity index (χ1v) is 8.95. The standard InChI is InChI=1S/C22H22FN3O2/c1-15-3-10-21(28-2)20(13-15)26-22(27)19-9-8-18(14-25-19)24-12-11-16-4-6-17(23)7-5-16/h3-10,13-14,24H,11-12H2,1-2H3,(H,26,27). The molecule has 6 heteroatoms. The summed E-state index contributed by atoms with van der Waals surface area (Å²) in [5, 5.41) is 6.07. The summed E-state index contributed by atoms with van der Waals surface area (Å²) in [7, 11) is 1.56. The summed E-state index contributed by atoms with van der Waals surface area (Å²) in [5.74, 6) is 0.0536. The lowest BCUT2D eigenvalue weighted by atomic mass is 10.1. The fourth-order valence-electron chi connectivity index (χ4n) is 2.74. The number of hydrogen-bond acceptors (Lipinski definition) is 4. The second-order valence-corrected chi connectivity index (χ2v) is 6.39. The Morgan fingerprint density at radius 1 is 1.11 bits per heavy atom. The molecule has 0 spiro atoms. The van der Waals surface area contributed by atoms with Crippen LogP contribution in [0.3, 0.4) is 0 Å². The van der Waals surface area contributed by atoms with Gasteiger partial charge in [0.15, 0.2) is 0 Å². The Kier molecular flexibility index (Phi) is 6.22. The molecule has 0 saturated carbocycles. The third-order valence-electron chi connectivity index (χ3n) is 4.26. The summed E-state index contributed by atoms with van der Waals surface area (Å²) in [6.07, 6.45) is 2.38. The Morgan fingerprint density at radius 2 is 1.89 bits per heavy atom. The number of carbonyl (C=O) groups is 1. The van der Waals surface area contributed by atoms with Crippen molar-refractivity contribution in [3.8, 4) is 5.75 Å². The molecule has 0 atom stereocenters. The van der Waals surface area contributed by atoms with E-state index in [0.29, 0.717) is 23.7 Å². The van der Waals surface area contributed by atoms with E-state index in [2.05, 4.69) is 15.6 Å². The Hall–Kier alpha value is -3.41. The van der Waals surface area contributed by atoms with E-state index in [1.54, 1.807) is 37.6 Å². The van der Waals surface area contributed by atoms with E-state index in [4.69, 9.17) is 4.74 Å². The molecule has 0 aliphatic rings. The summed E-state index contributed by atoms with van der Waals surface area (Å²) in [4.78, 5) is 16.7. The molecule has 28 heavy (non-hydrogen) atoms. The highest BCUT2D eigenvalue weighted by Crippen LogP contribution is 2.25. The molecule has 0 fully saturated rings. The van der Waals surface area contributed by atoms with Gasteiger partial charge in [0, 0.05) is 6.54 Å². The minimum Gasteiger partial charge on any atom is -0.495 e. The molecule has 3 rings (SSSR count). The van der Waals surface area contributed by atoms with Crippen molar-refractivity contribution < 1.29 is 13.9 Å². The Bertz CT molecular complexity index is 941. The van der Waals surface area contributed by atoms with Crippen molar-refractivity contribution in [1.29, 1.82) is 0 Å². The molecular weight excluding hydrogens is 357 g/mol. The molecule has 1 aromatic heterocycles. The second-order valence-electron chi connectivity index (χ2n) is 6.39.